The molecule has 2 aromatic carbocycles. The van der Waals surface area contributed by atoms with Crippen LogP contribution < -0.4 is 5.32 Å². The minimum absolute atomic E-state index is 0.0351. The Morgan fingerprint density at radius 3 is 2.77 bits per heavy atom. The molecule has 1 aliphatic rings. The second kappa shape index (κ2) is 8.19. The zero-order valence-corrected chi connectivity index (χ0v) is 18.1. The molecule has 1 amide bonds. The second-order valence-corrected chi connectivity index (χ2v) is 8.33. The average Bonchev–Trinajstić information content (AvgIpc) is 3.38. The van der Waals surface area contributed by atoms with Gasteiger partial charge in [0.25, 0.3) is 5.91 Å². The number of nitrogens with zero attached hydrogens (tertiary/aromatic N) is 3. The van der Waals surface area contributed by atoms with Crippen LogP contribution in [-0.2, 0) is 7.05 Å². The number of hydrogen-bond acceptors (Lipinski definition) is 3. The summed E-state index contributed by atoms with van der Waals surface area (Å²) in [7, 11) is 1.93. The Bertz CT molecular complexity index is 1080. The lowest BCUT2D eigenvalue weighted by atomic mass is 9.90. The van der Waals surface area contributed by atoms with Gasteiger partial charge in [-0.05, 0) is 80.6 Å². The summed E-state index contributed by atoms with van der Waals surface area (Å²) in [6.07, 6.45) is 2.91. The molecule has 1 atom stereocenters. The average molecular weight is 409 g/mol. The van der Waals surface area contributed by atoms with Crippen LogP contribution in [0.1, 0.15) is 49.0 Å². The predicted molar refractivity (Wildman–Crippen MR) is 118 cm³/mol. The SMILES string of the molecule is CCN(C(=O)c1cc(F)ccc1-c1cc([C@H]2CCNC2)cc2c1cnn2C)C(C)C. The number of hydrogen-bond donors (Lipinski definition) is 1. The van der Waals surface area contributed by atoms with Crippen LogP contribution >= 0.6 is 0 Å². The molecule has 1 aliphatic heterocycles. The molecule has 4 rings (SSSR count). The molecule has 3 aromatic rings. The Morgan fingerprint density at radius 2 is 2.10 bits per heavy atom. The van der Waals surface area contributed by atoms with Crippen LogP contribution in [0.3, 0.4) is 0 Å². The van der Waals surface area contributed by atoms with Crippen molar-refractivity contribution in [3.05, 3.63) is 53.5 Å². The van der Waals surface area contributed by atoms with Gasteiger partial charge in [-0.15, -0.1) is 0 Å². The maximum atomic E-state index is 14.2. The molecule has 30 heavy (non-hydrogen) atoms. The number of amides is 1. The largest absolute Gasteiger partial charge is 0.336 e. The lowest BCUT2D eigenvalue weighted by Gasteiger charge is -2.26. The predicted octanol–water partition coefficient (Wildman–Crippen LogP) is 4.33. The number of fused-ring (bicyclic) bond motifs is 1. The summed E-state index contributed by atoms with van der Waals surface area (Å²) in [4.78, 5) is 15.1. The van der Waals surface area contributed by atoms with Gasteiger partial charge in [0, 0.05) is 31.6 Å². The number of carbonyl (C=O) groups excluding carboxylic acids is 1. The number of carbonyl (C=O) groups is 1. The van der Waals surface area contributed by atoms with Gasteiger partial charge in [-0.3, -0.25) is 9.48 Å². The number of aromatic nitrogens is 2. The highest BCUT2D eigenvalue weighted by Gasteiger charge is 2.24. The highest BCUT2D eigenvalue weighted by molar-refractivity contribution is 6.05. The molecule has 0 radical (unpaired) electrons. The van der Waals surface area contributed by atoms with E-state index in [-0.39, 0.29) is 11.9 Å². The normalized spacial score (nSPS) is 16.5. The Morgan fingerprint density at radius 1 is 1.30 bits per heavy atom. The van der Waals surface area contributed by atoms with E-state index in [1.54, 1.807) is 11.0 Å². The second-order valence-electron chi connectivity index (χ2n) is 8.33. The van der Waals surface area contributed by atoms with Crippen molar-refractivity contribution in [3.8, 4) is 11.1 Å². The van der Waals surface area contributed by atoms with Crippen LogP contribution in [0.2, 0.25) is 0 Å². The van der Waals surface area contributed by atoms with Gasteiger partial charge in [-0.2, -0.15) is 5.10 Å². The standard InChI is InChI=1S/C24H29FN4O/c1-5-29(15(2)3)24(30)21-12-18(25)6-7-19(21)20-10-17(16-8-9-26-13-16)11-23-22(20)14-27-28(23)4/h6-7,10-12,14-16,26H,5,8-9,13H2,1-4H3/t16-/m0/s1. The number of benzene rings is 2. The van der Waals surface area contributed by atoms with Gasteiger partial charge in [0.1, 0.15) is 5.82 Å². The quantitative estimate of drug-likeness (QED) is 0.684. The first-order chi connectivity index (χ1) is 14.4. The maximum absolute atomic E-state index is 14.2. The fourth-order valence-corrected chi connectivity index (χ4v) is 4.49. The summed E-state index contributed by atoms with van der Waals surface area (Å²) in [5.74, 6) is -0.127. The Hall–Kier alpha value is -2.73. The van der Waals surface area contributed by atoms with Crippen LogP contribution in [0.5, 0.6) is 0 Å². The van der Waals surface area contributed by atoms with Gasteiger partial charge in [0.2, 0.25) is 0 Å². The summed E-state index contributed by atoms with van der Waals surface area (Å²) in [6.45, 7) is 8.42. The molecular formula is C24H29FN4O. The molecule has 1 aromatic heterocycles. The third-order valence-corrected chi connectivity index (χ3v) is 6.15. The van der Waals surface area contributed by atoms with Crippen molar-refractivity contribution in [2.75, 3.05) is 19.6 Å². The van der Waals surface area contributed by atoms with E-state index in [1.807, 2.05) is 38.7 Å². The molecular weight excluding hydrogens is 379 g/mol. The molecule has 1 saturated heterocycles. The first-order valence-electron chi connectivity index (χ1n) is 10.7. The molecule has 0 spiro atoms. The molecule has 1 N–H and O–H groups in total. The van der Waals surface area contributed by atoms with Crippen molar-refractivity contribution in [1.29, 1.82) is 0 Å². The molecule has 158 valence electrons. The van der Waals surface area contributed by atoms with E-state index in [9.17, 15) is 9.18 Å². The Balaban J connectivity index is 1.93. The van der Waals surface area contributed by atoms with Gasteiger partial charge < -0.3 is 10.2 Å². The number of halogens is 1. The Labute approximate surface area is 176 Å². The summed E-state index contributed by atoms with van der Waals surface area (Å²) >= 11 is 0. The number of aryl methyl sites for hydroxylation is 1. The smallest absolute Gasteiger partial charge is 0.254 e. The van der Waals surface area contributed by atoms with Crippen LogP contribution in [0, 0.1) is 5.82 Å². The first-order valence-corrected chi connectivity index (χ1v) is 10.7. The molecule has 6 heteroatoms. The third-order valence-electron chi connectivity index (χ3n) is 6.15. The number of nitrogens with one attached hydrogen (secondary N) is 1. The van der Waals surface area contributed by atoms with Crippen molar-refractivity contribution in [1.82, 2.24) is 20.0 Å². The fourth-order valence-electron chi connectivity index (χ4n) is 4.49. The van der Waals surface area contributed by atoms with E-state index in [1.165, 1.54) is 17.7 Å². The van der Waals surface area contributed by atoms with E-state index < -0.39 is 5.82 Å². The van der Waals surface area contributed by atoms with Crippen molar-refractivity contribution < 1.29 is 9.18 Å². The van der Waals surface area contributed by atoms with Crippen LogP contribution in [0.15, 0.2) is 36.5 Å². The highest BCUT2D eigenvalue weighted by atomic mass is 19.1. The summed E-state index contributed by atoms with van der Waals surface area (Å²) in [6, 6.07) is 8.93. The van der Waals surface area contributed by atoms with Gasteiger partial charge >= 0.3 is 0 Å². The fraction of sp³-hybridized carbons (Fsp3) is 0.417. The van der Waals surface area contributed by atoms with Gasteiger partial charge in [-0.25, -0.2) is 4.39 Å². The van der Waals surface area contributed by atoms with Crippen LogP contribution in [0.25, 0.3) is 22.0 Å². The van der Waals surface area contributed by atoms with Crippen LogP contribution in [0.4, 0.5) is 4.39 Å². The first kappa shape index (κ1) is 20.5. The van der Waals surface area contributed by atoms with Crippen molar-refractivity contribution >= 4 is 16.8 Å². The molecule has 0 saturated carbocycles. The molecule has 2 heterocycles. The van der Waals surface area contributed by atoms with Crippen molar-refractivity contribution in [2.45, 2.75) is 39.2 Å². The van der Waals surface area contributed by atoms with E-state index >= 15 is 0 Å². The van der Waals surface area contributed by atoms with Crippen LogP contribution in [-0.4, -0.2) is 46.3 Å². The zero-order valence-electron chi connectivity index (χ0n) is 18.1. The number of rotatable bonds is 5. The Kier molecular flexibility index (Phi) is 5.60. The van der Waals surface area contributed by atoms with Gasteiger partial charge in [0.15, 0.2) is 0 Å². The summed E-state index contributed by atoms with van der Waals surface area (Å²) in [5, 5.41) is 8.85. The topological polar surface area (TPSA) is 50.2 Å². The molecule has 5 nitrogen and oxygen atoms in total. The third kappa shape index (κ3) is 3.60. The van der Waals surface area contributed by atoms with E-state index in [0.717, 1.165) is 41.5 Å². The van der Waals surface area contributed by atoms with Crippen molar-refractivity contribution in [2.24, 2.45) is 7.05 Å². The zero-order chi connectivity index (χ0) is 21.4. The molecule has 0 unspecified atom stereocenters. The monoisotopic (exact) mass is 408 g/mol. The summed E-state index contributed by atoms with van der Waals surface area (Å²) < 4.78 is 16.1. The molecule has 0 aliphatic carbocycles. The van der Waals surface area contributed by atoms with Gasteiger partial charge in [0.05, 0.1) is 17.3 Å². The van der Waals surface area contributed by atoms with Crippen molar-refractivity contribution in [3.63, 3.8) is 0 Å². The maximum Gasteiger partial charge on any atom is 0.254 e. The van der Waals surface area contributed by atoms with E-state index in [4.69, 9.17) is 0 Å². The molecule has 1 fully saturated rings. The minimum atomic E-state index is -0.402. The lowest BCUT2D eigenvalue weighted by molar-refractivity contribution is 0.0717. The van der Waals surface area contributed by atoms with E-state index in [0.29, 0.717) is 18.0 Å². The minimum Gasteiger partial charge on any atom is -0.336 e. The molecule has 0 bridgehead atoms. The van der Waals surface area contributed by atoms with Gasteiger partial charge in [-0.1, -0.05) is 6.07 Å². The highest BCUT2D eigenvalue weighted by Crippen LogP contribution is 2.36. The lowest BCUT2D eigenvalue weighted by Crippen LogP contribution is -2.37. The van der Waals surface area contributed by atoms with E-state index in [2.05, 4.69) is 22.5 Å². The summed E-state index contributed by atoms with van der Waals surface area (Å²) in [5.41, 5.74) is 4.34.